The Morgan fingerprint density at radius 1 is 1.18 bits per heavy atom. The first kappa shape index (κ1) is 21.6. The molecule has 0 saturated carbocycles. The van der Waals surface area contributed by atoms with E-state index in [9.17, 15) is 9.90 Å². The van der Waals surface area contributed by atoms with Crippen LogP contribution in [0.2, 0.25) is 0 Å². The van der Waals surface area contributed by atoms with Gasteiger partial charge in [-0.15, -0.1) is 0 Å². The molecule has 6 nitrogen and oxygen atoms in total. The summed E-state index contributed by atoms with van der Waals surface area (Å²) < 4.78 is 16.2. The van der Waals surface area contributed by atoms with Gasteiger partial charge in [-0.2, -0.15) is 0 Å². The number of benzene rings is 1. The van der Waals surface area contributed by atoms with Gasteiger partial charge in [0.15, 0.2) is 5.75 Å². The Hall–Kier alpha value is -2.73. The van der Waals surface area contributed by atoms with Gasteiger partial charge in [-0.05, 0) is 57.9 Å². The van der Waals surface area contributed by atoms with Gasteiger partial charge in [0.1, 0.15) is 17.9 Å². The Labute approximate surface area is 164 Å². The highest BCUT2D eigenvalue weighted by atomic mass is 16.5. The van der Waals surface area contributed by atoms with E-state index in [2.05, 4.69) is 19.9 Å². The summed E-state index contributed by atoms with van der Waals surface area (Å²) in [7, 11) is 0. The predicted octanol–water partition coefficient (Wildman–Crippen LogP) is 4.33. The zero-order valence-corrected chi connectivity index (χ0v) is 16.7. The van der Waals surface area contributed by atoms with Gasteiger partial charge >= 0.3 is 5.63 Å². The van der Waals surface area contributed by atoms with E-state index in [0.717, 1.165) is 18.4 Å². The lowest BCUT2D eigenvalue weighted by atomic mass is 10.1. The summed E-state index contributed by atoms with van der Waals surface area (Å²) in [4.78, 5) is 12.1. The van der Waals surface area contributed by atoms with Gasteiger partial charge in [-0.3, -0.25) is 0 Å². The molecule has 1 aromatic carbocycles. The maximum absolute atomic E-state index is 12.1. The maximum Gasteiger partial charge on any atom is 0.383 e. The lowest BCUT2D eigenvalue weighted by Gasteiger charge is -2.09. The van der Waals surface area contributed by atoms with Crippen LogP contribution >= 0.6 is 0 Å². The van der Waals surface area contributed by atoms with E-state index in [-0.39, 0.29) is 30.3 Å². The van der Waals surface area contributed by atoms with E-state index < -0.39 is 5.63 Å². The molecular formula is C22H28O6. The molecule has 0 radical (unpaired) electrons. The van der Waals surface area contributed by atoms with Crippen molar-refractivity contribution in [2.75, 3.05) is 19.8 Å². The molecule has 0 bridgehead atoms. The summed E-state index contributed by atoms with van der Waals surface area (Å²) in [5.74, 6) is 0.0221. The van der Waals surface area contributed by atoms with Crippen molar-refractivity contribution in [1.82, 2.24) is 0 Å². The van der Waals surface area contributed by atoms with Crippen molar-refractivity contribution in [3.63, 3.8) is 0 Å². The van der Waals surface area contributed by atoms with Gasteiger partial charge < -0.3 is 24.1 Å². The molecule has 0 unspecified atom stereocenters. The van der Waals surface area contributed by atoms with Crippen LogP contribution < -0.4 is 15.1 Å². The van der Waals surface area contributed by atoms with Crippen LogP contribution in [0.15, 0.2) is 50.7 Å². The van der Waals surface area contributed by atoms with Gasteiger partial charge in [0.2, 0.25) is 5.75 Å². The number of allylic oxidation sites excluding steroid dienone is 3. The first-order valence-corrected chi connectivity index (χ1v) is 9.37. The number of hydrogen-bond acceptors (Lipinski definition) is 6. The van der Waals surface area contributed by atoms with Crippen molar-refractivity contribution in [1.29, 1.82) is 0 Å². The molecule has 0 aliphatic carbocycles. The Morgan fingerprint density at radius 2 is 1.96 bits per heavy atom. The highest BCUT2D eigenvalue weighted by molar-refractivity contribution is 5.86. The van der Waals surface area contributed by atoms with Crippen molar-refractivity contribution in [2.45, 2.75) is 40.0 Å². The van der Waals surface area contributed by atoms with Crippen LogP contribution in [0.25, 0.3) is 11.0 Å². The number of aliphatic hydroxyl groups excluding tert-OH is 1. The van der Waals surface area contributed by atoms with Crippen LogP contribution in [0.3, 0.4) is 0 Å². The zero-order chi connectivity index (χ0) is 20.5. The van der Waals surface area contributed by atoms with Crippen molar-refractivity contribution < 1.29 is 24.1 Å². The largest absolute Gasteiger partial charge is 0.504 e. The third-order valence-electron chi connectivity index (χ3n) is 4.13. The lowest BCUT2D eigenvalue weighted by Crippen LogP contribution is -2.08. The molecule has 0 fully saturated rings. The van der Waals surface area contributed by atoms with Crippen molar-refractivity contribution >= 4 is 11.0 Å². The third-order valence-corrected chi connectivity index (χ3v) is 4.13. The standard InChI is InChI=1S/C22H28O6/c1-15(2)6-4-7-16(3)10-13-27-21-20(24)18-14-17(26-12-5-11-23)8-9-19(18)28-22(21)25/h6,8-10,14,23-24H,4-5,7,11-13H2,1-3H3. The minimum absolute atomic E-state index is 0.0347. The second-order valence-corrected chi connectivity index (χ2v) is 6.83. The summed E-state index contributed by atoms with van der Waals surface area (Å²) in [6, 6.07) is 4.78. The number of aromatic hydroxyl groups is 1. The van der Waals surface area contributed by atoms with Crippen LogP contribution in [0.1, 0.15) is 40.0 Å². The van der Waals surface area contributed by atoms with Crippen LogP contribution in [0, 0.1) is 0 Å². The Morgan fingerprint density at radius 3 is 2.68 bits per heavy atom. The molecule has 2 rings (SSSR count). The van der Waals surface area contributed by atoms with E-state index in [4.69, 9.17) is 19.0 Å². The molecule has 2 aromatic rings. The smallest absolute Gasteiger partial charge is 0.383 e. The van der Waals surface area contributed by atoms with E-state index >= 15 is 0 Å². The summed E-state index contributed by atoms with van der Waals surface area (Å²) in [6.45, 7) is 6.67. The summed E-state index contributed by atoms with van der Waals surface area (Å²) in [5, 5.41) is 19.6. The van der Waals surface area contributed by atoms with Gasteiger partial charge in [-0.25, -0.2) is 4.79 Å². The molecule has 0 amide bonds. The molecule has 0 saturated heterocycles. The van der Waals surface area contributed by atoms with Gasteiger partial charge in [0, 0.05) is 13.0 Å². The van der Waals surface area contributed by atoms with E-state index in [1.807, 2.05) is 13.0 Å². The van der Waals surface area contributed by atoms with Crippen LogP contribution in [0.4, 0.5) is 0 Å². The Balaban J connectivity index is 2.13. The molecular weight excluding hydrogens is 360 g/mol. The molecule has 2 N–H and O–H groups in total. The summed E-state index contributed by atoms with van der Waals surface area (Å²) >= 11 is 0. The van der Waals surface area contributed by atoms with Gasteiger partial charge in [-0.1, -0.05) is 17.2 Å². The normalized spacial score (nSPS) is 11.5. The SMILES string of the molecule is CC(C)=CCCC(C)=CCOc1c(O)c2cc(OCCCO)ccc2oc1=O. The zero-order valence-electron chi connectivity index (χ0n) is 16.7. The third kappa shape index (κ3) is 6.16. The number of hydrogen-bond donors (Lipinski definition) is 2. The predicted molar refractivity (Wildman–Crippen MR) is 109 cm³/mol. The fourth-order valence-corrected chi connectivity index (χ4v) is 2.58. The summed E-state index contributed by atoms with van der Waals surface area (Å²) in [6.07, 6.45) is 6.41. The van der Waals surface area contributed by atoms with E-state index in [1.54, 1.807) is 18.2 Å². The van der Waals surface area contributed by atoms with Gasteiger partial charge in [0.25, 0.3) is 0 Å². The maximum atomic E-state index is 12.1. The minimum atomic E-state index is -0.727. The molecule has 1 heterocycles. The quantitative estimate of drug-likeness (QED) is 0.358. The number of ether oxygens (including phenoxy) is 2. The molecule has 1 aromatic heterocycles. The molecule has 152 valence electrons. The molecule has 28 heavy (non-hydrogen) atoms. The highest BCUT2D eigenvalue weighted by Crippen LogP contribution is 2.33. The van der Waals surface area contributed by atoms with Crippen LogP contribution in [-0.4, -0.2) is 30.0 Å². The fourth-order valence-electron chi connectivity index (χ4n) is 2.58. The Bertz CT molecular complexity index is 903. The average molecular weight is 388 g/mol. The average Bonchev–Trinajstić information content (AvgIpc) is 2.65. The van der Waals surface area contributed by atoms with Gasteiger partial charge in [0.05, 0.1) is 12.0 Å². The lowest BCUT2D eigenvalue weighted by molar-refractivity contribution is 0.233. The first-order chi connectivity index (χ1) is 13.4. The second-order valence-electron chi connectivity index (χ2n) is 6.83. The van der Waals surface area contributed by atoms with Crippen molar-refractivity contribution in [3.05, 3.63) is 51.9 Å². The van der Waals surface area contributed by atoms with E-state index in [0.29, 0.717) is 24.2 Å². The van der Waals surface area contributed by atoms with Crippen LogP contribution in [-0.2, 0) is 0 Å². The molecule has 0 atom stereocenters. The van der Waals surface area contributed by atoms with E-state index in [1.165, 1.54) is 5.57 Å². The fraction of sp³-hybridized carbons (Fsp3) is 0.409. The number of aliphatic hydroxyl groups is 1. The minimum Gasteiger partial charge on any atom is -0.504 e. The number of fused-ring (bicyclic) bond motifs is 1. The number of rotatable bonds is 10. The first-order valence-electron chi connectivity index (χ1n) is 9.37. The molecule has 0 aliphatic heterocycles. The topological polar surface area (TPSA) is 89.1 Å². The monoisotopic (exact) mass is 388 g/mol. The molecule has 0 aliphatic rings. The Kier molecular flexibility index (Phi) is 8.14. The summed E-state index contributed by atoms with van der Waals surface area (Å²) in [5.41, 5.74) is 1.94. The molecule has 0 spiro atoms. The second kappa shape index (κ2) is 10.6. The van der Waals surface area contributed by atoms with Crippen molar-refractivity contribution in [3.8, 4) is 17.2 Å². The van der Waals surface area contributed by atoms with Crippen LogP contribution in [0.5, 0.6) is 17.2 Å². The van der Waals surface area contributed by atoms with Crippen molar-refractivity contribution in [2.24, 2.45) is 0 Å². The molecule has 6 heteroatoms. The highest BCUT2D eigenvalue weighted by Gasteiger charge is 2.16.